The molecule has 1 fully saturated rings. The lowest BCUT2D eigenvalue weighted by Gasteiger charge is -2.37. The molecule has 0 aliphatic heterocycles. The second-order valence-electron chi connectivity index (χ2n) is 6.17. The number of hydrogen-bond donors (Lipinski definition) is 1. The fraction of sp³-hybridized carbons (Fsp3) is 0.706. The number of pyridine rings is 1. The SMILES string of the molecule is CCNC(C)c1ccnc(N(C)C2CCCCC2C)c1. The number of aromatic nitrogens is 1. The van der Waals surface area contributed by atoms with Crippen molar-refractivity contribution >= 4 is 5.82 Å². The molecule has 0 bridgehead atoms. The first-order valence-electron chi connectivity index (χ1n) is 8.05. The number of rotatable bonds is 5. The van der Waals surface area contributed by atoms with Crippen molar-refractivity contribution in [3.63, 3.8) is 0 Å². The van der Waals surface area contributed by atoms with Gasteiger partial charge in [-0.1, -0.05) is 26.7 Å². The molecule has 1 aliphatic carbocycles. The van der Waals surface area contributed by atoms with Crippen molar-refractivity contribution in [3.05, 3.63) is 23.9 Å². The summed E-state index contributed by atoms with van der Waals surface area (Å²) in [6.45, 7) is 7.74. The van der Waals surface area contributed by atoms with Gasteiger partial charge in [-0.25, -0.2) is 4.98 Å². The minimum atomic E-state index is 0.388. The fourth-order valence-electron chi connectivity index (χ4n) is 3.36. The van der Waals surface area contributed by atoms with Gasteiger partial charge >= 0.3 is 0 Å². The van der Waals surface area contributed by atoms with Gasteiger partial charge in [-0.3, -0.25) is 0 Å². The zero-order valence-corrected chi connectivity index (χ0v) is 13.4. The van der Waals surface area contributed by atoms with E-state index in [0.717, 1.165) is 18.3 Å². The van der Waals surface area contributed by atoms with Gasteiger partial charge in [-0.2, -0.15) is 0 Å². The summed E-state index contributed by atoms with van der Waals surface area (Å²) in [5.74, 6) is 1.89. The summed E-state index contributed by atoms with van der Waals surface area (Å²) in [5, 5.41) is 3.47. The van der Waals surface area contributed by atoms with Crippen LogP contribution in [0.15, 0.2) is 18.3 Å². The number of anilines is 1. The van der Waals surface area contributed by atoms with Crippen LogP contribution in [0.5, 0.6) is 0 Å². The Morgan fingerprint density at radius 2 is 2.15 bits per heavy atom. The maximum atomic E-state index is 4.59. The number of hydrogen-bond acceptors (Lipinski definition) is 3. The molecule has 0 radical (unpaired) electrons. The molecule has 3 atom stereocenters. The van der Waals surface area contributed by atoms with Gasteiger partial charge < -0.3 is 10.2 Å². The van der Waals surface area contributed by atoms with E-state index in [-0.39, 0.29) is 0 Å². The van der Waals surface area contributed by atoms with E-state index in [4.69, 9.17) is 0 Å². The van der Waals surface area contributed by atoms with Crippen molar-refractivity contribution in [1.82, 2.24) is 10.3 Å². The highest BCUT2D eigenvalue weighted by Gasteiger charge is 2.25. The van der Waals surface area contributed by atoms with Gasteiger partial charge in [0.25, 0.3) is 0 Å². The summed E-state index contributed by atoms with van der Waals surface area (Å²) in [4.78, 5) is 6.98. The second-order valence-corrected chi connectivity index (χ2v) is 6.17. The van der Waals surface area contributed by atoms with Crippen LogP contribution in [-0.2, 0) is 0 Å². The van der Waals surface area contributed by atoms with Crippen molar-refractivity contribution < 1.29 is 0 Å². The Balaban J connectivity index is 2.13. The molecule has 1 saturated carbocycles. The Morgan fingerprint density at radius 1 is 1.40 bits per heavy atom. The van der Waals surface area contributed by atoms with Crippen LogP contribution < -0.4 is 10.2 Å². The van der Waals surface area contributed by atoms with E-state index >= 15 is 0 Å². The van der Waals surface area contributed by atoms with Gasteiger partial charge in [0.15, 0.2) is 0 Å². The zero-order chi connectivity index (χ0) is 14.5. The molecule has 1 N–H and O–H groups in total. The highest BCUT2D eigenvalue weighted by Crippen LogP contribution is 2.30. The molecular formula is C17H29N3. The first kappa shape index (κ1) is 15.3. The first-order valence-corrected chi connectivity index (χ1v) is 8.05. The van der Waals surface area contributed by atoms with Crippen molar-refractivity contribution in [2.45, 2.75) is 58.5 Å². The Hall–Kier alpha value is -1.09. The predicted molar refractivity (Wildman–Crippen MR) is 86.2 cm³/mol. The lowest BCUT2D eigenvalue weighted by atomic mass is 9.85. The van der Waals surface area contributed by atoms with Crippen LogP contribution in [0, 0.1) is 5.92 Å². The number of nitrogens with zero attached hydrogens (tertiary/aromatic N) is 2. The molecule has 1 aromatic heterocycles. The normalized spacial score (nSPS) is 24.4. The molecule has 3 unspecified atom stereocenters. The summed E-state index contributed by atoms with van der Waals surface area (Å²) in [6, 6.07) is 5.39. The van der Waals surface area contributed by atoms with Crippen molar-refractivity contribution in [2.75, 3.05) is 18.5 Å². The van der Waals surface area contributed by atoms with Gasteiger partial charge in [-0.15, -0.1) is 0 Å². The fourth-order valence-corrected chi connectivity index (χ4v) is 3.36. The molecule has 0 aromatic carbocycles. The summed E-state index contributed by atoms with van der Waals surface area (Å²) in [6.07, 6.45) is 7.33. The molecule has 3 heteroatoms. The third kappa shape index (κ3) is 3.51. The van der Waals surface area contributed by atoms with E-state index in [1.165, 1.54) is 31.2 Å². The van der Waals surface area contributed by atoms with Crippen LogP contribution in [0.25, 0.3) is 0 Å². The van der Waals surface area contributed by atoms with Crippen LogP contribution >= 0.6 is 0 Å². The topological polar surface area (TPSA) is 28.2 Å². The lowest BCUT2D eigenvalue weighted by Crippen LogP contribution is -2.39. The molecule has 3 nitrogen and oxygen atoms in total. The number of nitrogens with one attached hydrogen (secondary N) is 1. The van der Waals surface area contributed by atoms with Gasteiger partial charge in [-0.05, 0) is 49.9 Å². The minimum Gasteiger partial charge on any atom is -0.356 e. The third-order valence-corrected chi connectivity index (χ3v) is 4.70. The van der Waals surface area contributed by atoms with E-state index in [9.17, 15) is 0 Å². The average molecular weight is 275 g/mol. The van der Waals surface area contributed by atoms with E-state index in [1.54, 1.807) is 0 Å². The smallest absolute Gasteiger partial charge is 0.128 e. The predicted octanol–water partition coefficient (Wildman–Crippen LogP) is 3.77. The lowest BCUT2D eigenvalue weighted by molar-refractivity contribution is 0.320. The maximum Gasteiger partial charge on any atom is 0.128 e. The van der Waals surface area contributed by atoms with Gasteiger partial charge in [0.05, 0.1) is 0 Å². The van der Waals surface area contributed by atoms with E-state index < -0.39 is 0 Å². The first-order chi connectivity index (χ1) is 9.63. The molecule has 112 valence electrons. The molecule has 2 rings (SSSR count). The average Bonchev–Trinajstić information content (AvgIpc) is 2.47. The summed E-state index contributed by atoms with van der Waals surface area (Å²) < 4.78 is 0. The third-order valence-electron chi connectivity index (χ3n) is 4.70. The van der Waals surface area contributed by atoms with Crippen molar-refractivity contribution in [2.24, 2.45) is 5.92 Å². The molecule has 0 saturated heterocycles. The summed E-state index contributed by atoms with van der Waals surface area (Å²) in [7, 11) is 2.20. The Labute approximate surface area is 123 Å². The molecular weight excluding hydrogens is 246 g/mol. The van der Waals surface area contributed by atoms with Gasteiger partial charge in [0.1, 0.15) is 5.82 Å². The van der Waals surface area contributed by atoms with Gasteiger partial charge in [0.2, 0.25) is 0 Å². The molecule has 1 aromatic rings. The summed E-state index contributed by atoms with van der Waals surface area (Å²) >= 11 is 0. The van der Waals surface area contributed by atoms with E-state index in [1.807, 2.05) is 6.20 Å². The van der Waals surface area contributed by atoms with Crippen LogP contribution in [-0.4, -0.2) is 24.6 Å². The molecule has 1 aliphatic rings. The maximum absolute atomic E-state index is 4.59. The monoisotopic (exact) mass is 275 g/mol. The Morgan fingerprint density at radius 3 is 2.85 bits per heavy atom. The van der Waals surface area contributed by atoms with E-state index in [0.29, 0.717) is 12.1 Å². The van der Waals surface area contributed by atoms with Crippen LogP contribution in [0.4, 0.5) is 5.82 Å². The van der Waals surface area contributed by atoms with Crippen molar-refractivity contribution in [1.29, 1.82) is 0 Å². The van der Waals surface area contributed by atoms with Gasteiger partial charge in [0, 0.05) is 25.3 Å². The molecule has 1 heterocycles. The Bertz CT molecular complexity index is 418. The molecule has 0 spiro atoms. The summed E-state index contributed by atoms with van der Waals surface area (Å²) in [5.41, 5.74) is 1.33. The van der Waals surface area contributed by atoms with Crippen molar-refractivity contribution in [3.8, 4) is 0 Å². The largest absolute Gasteiger partial charge is 0.356 e. The second kappa shape index (κ2) is 7.07. The Kier molecular flexibility index (Phi) is 5.41. The van der Waals surface area contributed by atoms with Crippen LogP contribution in [0.2, 0.25) is 0 Å². The minimum absolute atomic E-state index is 0.388. The highest BCUT2D eigenvalue weighted by atomic mass is 15.2. The quantitative estimate of drug-likeness (QED) is 0.886. The highest BCUT2D eigenvalue weighted by molar-refractivity contribution is 5.42. The molecule has 0 amide bonds. The standard InChI is InChI=1S/C17H29N3/c1-5-18-14(3)15-10-11-19-17(12-15)20(4)16-9-7-6-8-13(16)2/h10-14,16,18H,5-9H2,1-4H3. The zero-order valence-electron chi connectivity index (χ0n) is 13.4. The van der Waals surface area contributed by atoms with Crippen LogP contribution in [0.3, 0.4) is 0 Å². The van der Waals surface area contributed by atoms with E-state index in [2.05, 4.69) is 55.2 Å². The molecule has 20 heavy (non-hydrogen) atoms. The van der Waals surface area contributed by atoms with Crippen LogP contribution in [0.1, 0.15) is 58.1 Å².